The number of rotatable bonds is 11. The van der Waals surface area contributed by atoms with Crippen LogP contribution >= 0.6 is 0 Å². The maximum Gasteiger partial charge on any atom is 0.325 e. The number of carboxylic acids is 1. The van der Waals surface area contributed by atoms with E-state index in [1.54, 1.807) is 30.3 Å². The predicted octanol–water partition coefficient (Wildman–Crippen LogP) is 3.09. The van der Waals surface area contributed by atoms with Crippen LogP contribution in [0, 0.1) is 0 Å². The van der Waals surface area contributed by atoms with Gasteiger partial charge in [0.05, 0.1) is 39.7 Å². The number of methoxy groups -OCH3 is 4. The number of anilines is 1. The van der Waals surface area contributed by atoms with Crippen LogP contribution < -0.4 is 14.8 Å². The molecule has 0 aromatic heterocycles. The van der Waals surface area contributed by atoms with Crippen LogP contribution in [0.3, 0.4) is 0 Å². The highest BCUT2D eigenvalue weighted by Crippen LogP contribution is 2.38. The van der Waals surface area contributed by atoms with Gasteiger partial charge in [0.25, 0.3) is 0 Å². The first kappa shape index (κ1) is 25.0. The smallest absolute Gasteiger partial charge is 0.325 e. The van der Waals surface area contributed by atoms with Crippen molar-refractivity contribution in [1.29, 1.82) is 0 Å². The summed E-state index contributed by atoms with van der Waals surface area (Å²) in [5, 5.41) is 12.0. The second kappa shape index (κ2) is 11.4. The van der Waals surface area contributed by atoms with Gasteiger partial charge in [-0.05, 0) is 36.8 Å². The van der Waals surface area contributed by atoms with Crippen molar-refractivity contribution in [2.45, 2.75) is 18.7 Å². The number of hydrogen-bond acceptors (Lipinski definition) is 8. The second-order valence-electron chi connectivity index (χ2n) is 6.63. The molecule has 0 heterocycles. The van der Waals surface area contributed by atoms with E-state index in [9.17, 15) is 18.7 Å². The SMILES string of the molecule is COC(=C(OC)c1ccccc1OC)c1cc(OC)c(NC(C)C(=O)O)cc1CS(=O)[O-]. The first-order valence-electron chi connectivity index (χ1n) is 9.49. The lowest BCUT2D eigenvalue weighted by Gasteiger charge is -2.22. The third kappa shape index (κ3) is 5.71. The molecule has 9 nitrogen and oxygen atoms in total. The summed E-state index contributed by atoms with van der Waals surface area (Å²) in [6, 6.07) is 9.32. The van der Waals surface area contributed by atoms with Crippen LogP contribution in [0.2, 0.25) is 0 Å². The number of ether oxygens (including phenoxy) is 4. The zero-order valence-corrected chi connectivity index (χ0v) is 19.3. The third-order valence-corrected chi connectivity index (χ3v) is 5.20. The van der Waals surface area contributed by atoms with Crippen molar-refractivity contribution in [3.63, 3.8) is 0 Å². The van der Waals surface area contributed by atoms with Crippen molar-refractivity contribution in [1.82, 2.24) is 0 Å². The lowest BCUT2D eigenvalue weighted by atomic mass is 10.0. The van der Waals surface area contributed by atoms with E-state index in [1.807, 2.05) is 0 Å². The minimum absolute atomic E-state index is 0.258. The van der Waals surface area contributed by atoms with Crippen LogP contribution in [0.5, 0.6) is 11.5 Å². The fraction of sp³-hybridized carbons (Fsp3) is 0.318. The molecule has 2 N–H and O–H groups in total. The Morgan fingerprint density at radius 2 is 1.62 bits per heavy atom. The molecule has 0 amide bonds. The van der Waals surface area contributed by atoms with E-state index < -0.39 is 23.1 Å². The van der Waals surface area contributed by atoms with Crippen molar-refractivity contribution in [3.05, 3.63) is 53.1 Å². The maximum absolute atomic E-state index is 11.6. The first-order valence-corrected chi connectivity index (χ1v) is 10.7. The summed E-state index contributed by atoms with van der Waals surface area (Å²) >= 11 is -2.43. The van der Waals surface area contributed by atoms with Crippen molar-refractivity contribution >= 4 is 34.3 Å². The van der Waals surface area contributed by atoms with Crippen molar-refractivity contribution in [2.24, 2.45) is 0 Å². The Hall–Kier alpha value is -3.24. The molecule has 10 heteroatoms. The van der Waals surface area contributed by atoms with Crippen molar-refractivity contribution < 1.29 is 37.6 Å². The number of carboxylic acid groups (broad SMARTS) is 1. The Morgan fingerprint density at radius 3 is 2.16 bits per heavy atom. The predicted molar refractivity (Wildman–Crippen MR) is 120 cm³/mol. The van der Waals surface area contributed by atoms with Crippen LogP contribution in [0.25, 0.3) is 11.5 Å². The molecule has 0 fully saturated rings. The van der Waals surface area contributed by atoms with Crippen LogP contribution in [0.15, 0.2) is 36.4 Å². The molecule has 2 aromatic rings. The monoisotopic (exact) mass is 464 g/mol. The normalized spacial score (nSPS) is 13.4. The van der Waals surface area contributed by atoms with E-state index in [2.05, 4.69) is 5.32 Å². The first-order chi connectivity index (χ1) is 15.3. The van der Waals surface area contributed by atoms with Crippen molar-refractivity contribution in [3.8, 4) is 11.5 Å². The topological polar surface area (TPSA) is 126 Å². The van der Waals surface area contributed by atoms with Gasteiger partial charge in [0, 0.05) is 11.3 Å². The standard InChI is InChI=1S/C22H27NO8S/c1-13(22(24)25)23-17-10-14(12-32(26)27)16(11-19(17)29-3)21(31-5)20(30-4)15-8-6-7-9-18(15)28-2/h6-11,13,23H,12H2,1-5H3,(H,24,25)(H,26,27)/p-1. The highest BCUT2D eigenvalue weighted by atomic mass is 32.2. The molecule has 0 aliphatic heterocycles. The van der Waals surface area contributed by atoms with E-state index >= 15 is 0 Å². The van der Waals surface area contributed by atoms with Gasteiger partial charge < -0.3 is 33.9 Å². The summed E-state index contributed by atoms with van der Waals surface area (Å²) in [6.07, 6.45) is 0. The fourth-order valence-electron chi connectivity index (χ4n) is 3.14. The Morgan fingerprint density at radius 1 is 1.03 bits per heavy atom. The second-order valence-corrected chi connectivity index (χ2v) is 7.52. The molecule has 0 saturated carbocycles. The van der Waals surface area contributed by atoms with E-state index in [4.69, 9.17) is 18.9 Å². The number of hydrogen-bond donors (Lipinski definition) is 2. The van der Waals surface area contributed by atoms with Gasteiger partial charge in [0.15, 0.2) is 11.5 Å². The van der Waals surface area contributed by atoms with Gasteiger partial charge >= 0.3 is 5.97 Å². The van der Waals surface area contributed by atoms with Gasteiger partial charge in [0.1, 0.15) is 17.5 Å². The Kier molecular flexibility index (Phi) is 8.91. The molecular weight excluding hydrogens is 438 g/mol. The van der Waals surface area contributed by atoms with Gasteiger partial charge in [-0.2, -0.15) is 0 Å². The molecule has 2 unspecified atom stereocenters. The van der Waals surface area contributed by atoms with Gasteiger partial charge in [-0.15, -0.1) is 0 Å². The zero-order chi connectivity index (χ0) is 23.8. The fourth-order valence-corrected chi connectivity index (χ4v) is 3.63. The molecule has 2 rings (SSSR count). The number of benzene rings is 2. The number of carbonyl (C=O) groups is 1. The van der Waals surface area contributed by atoms with Crippen LogP contribution in [-0.4, -0.2) is 54.3 Å². The van der Waals surface area contributed by atoms with Gasteiger partial charge in [-0.3, -0.25) is 9.00 Å². The van der Waals surface area contributed by atoms with Crippen LogP contribution in [-0.2, 0) is 31.1 Å². The van der Waals surface area contributed by atoms with Crippen molar-refractivity contribution in [2.75, 3.05) is 33.8 Å². The summed E-state index contributed by atoms with van der Waals surface area (Å²) in [6.45, 7) is 1.46. The highest BCUT2D eigenvalue weighted by Gasteiger charge is 2.23. The van der Waals surface area contributed by atoms with E-state index in [0.717, 1.165) is 0 Å². The molecule has 32 heavy (non-hydrogen) atoms. The molecule has 0 saturated heterocycles. The molecule has 0 bridgehead atoms. The molecule has 174 valence electrons. The lowest BCUT2D eigenvalue weighted by Crippen LogP contribution is -2.25. The summed E-state index contributed by atoms with van der Waals surface area (Å²) in [5.41, 5.74) is 1.70. The average Bonchev–Trinajstić information content (AvgIpc) is 2.77. The number of para-hydroxylation sites is 1. The molecule has 0 aliphatic rings. The zero-order valence-electron chi connectivity index (χ0n) is 18.5. The summed E-state index contributed by atoms with van der Waals surface area (Å²) in [5.74, 6) is 0.0103. The average molecular weight is 465 g/mol. The summed E-state index contributed by atoms with van der Waals surface area (Å²) < 4.78 is 45.3. The number of aliphatic carboxylic acids is 1. The molecule has 0 aliphatic carbocycles. The largest absolute Gasteiger partial charge is 0.772 e. The molecular formula is C22H26NO8S-. The minimum atomic E-state index is -2.43. The highest BCUT2D eigenvalue weighted by molar-refractivity contribution is 7.78. The molecule has 2 aromatic carbocycles. The Labute approximate surface area is 189 Å². The van der Waals surface area contributed by atoms with Crippen LogP contribution in [0.1, 0.15) is 23.6 Å². The summed E-state index contributed by atoms with van der Waals surface area (Å²) in [7, 11) is 5.85. The third-order valence-electron chi connectivity index (χ3n) is 4.65. The Bertz CT molecular complexity index is 1020. The summed E-state index contributed by atoms with van der Waals surface area (Å²) in [4.78, 5) is 11.3. The van der Waals surface area contributed by atoms with Gasteiger partial charge in [0.2, 0.25) is 0 Å². The maximum atomic E-state index is 11.6. The van der Waals surface area contributed by atoms with Gasteiger partial charge in [-0.1, -0.05) is 23.2 Å². The lowest BCUT2D eigenvalue weighted by molar-refractivity contribution is -0.137. The van der Waals surface area contributed by atoms with Crippen LogP contribution in [0.4, 0.5) is 5.69 Å². The van der Waals surface area contributed by atoms with Gasteiger partial charge in [-0.25, -0.2) is 0 Å². The Balaban J connectivity index is 2.79. The van der Waals surface area contributed by atoms with E-state index in [0.29, 0.717) is 39.6 Å². The minimum Gasteiger partial charge on any atom is -0.772 e. The molecule has 0 spiro atoms. The van der Waals surface area contributed by atoms with E-state index in [1.165, 1.54) is 41.4 Å². The molecule has 2 atom stereocenters. The number of nitrogens with one attached hydrogen (secondary N) is 1. The quantitative estimate of drug-likeness (QED) is 0.293. The van der Waals surface area contributed by atoms with E-state index in [-0.39, 0.29) is 11.5 Å². The molecule has 0 radical (unpaired) electrons.